The molecule has 0 N–H and O–H groups in total. The van der Waals surface area contributed by atoms with Crippen LogP contribution in [0.15, 0.2) is 48.0 Å². The molecule has 0 aliphatic carbocycles. The van der Waals surface area contributed by atoms with Crippen molar-refractivity contribution in [3.8, 4) is 10.6 Å². The number of rotatable bonds is 5. The summed E-state index contributed by atoms with van der Waals surface area (Å²) in [7, 11) is 0. The predicted molar refractivity (Wildman–Crippen MR) is 119 cm³/mol. The highest BCUT2D eigenvalue weighted by Gasteiger charge is 2.21. The maximum atomic E-state index is 4.84. The van der Waals surface area contributed by atoms with Gasteiger partial charge in [-0.2, -0.15) is 4.98 Å². The van der Waals surface area contributed by atoms with E-state index in [4.69, 9.17) is 9.97 Å². The van der Waals surface area contributed by atoms with Gasteiger partial charge in [0.05, 0.1) is 5.69 Å². The number of thiazole rings is 1. The minimum absolute atomic E-state index is 0.870. The van der Waals surface area contributed by atoms with Gasteiger partial charge in [-0.3, -0.25) is 4.90 Å². The summed E-state index contributed by atoms with van der Waals surface area (Å²) in [5, 5.41) is 3.29. The Hall–Kier alpha value is -2.51. The molecule has 2 aliphatic heterocycles. The van der Waals surface area contributed by atoms with Crippen LogP contribution in [0.5, 0.6) is 0 Å². The summed E-state index contributed by atoms with van der Waals surface area (Å²) in [6.07, 6.45) is 4.43. The van der Waals surface area contributed by atoms with Gasteiger partial charge in [-0.25, -0.2) is 9.97 Å². The summed E-state index contributed by atoms with van der Waals surface area (Å²) in [6.45, 7) is 7.07. The molecular weight excluding hydrogens is 380 g/mol. The van der Waals surface area contributed by atoms with E-state index in [9.17, 15) is 0 Å². The predicted octanol–water partition coefficient (Wildman–Crippen LogP) is 3.52. The van der Waals surface area contributed by atoms with Crippen LogP contribution in [0.1, 0.15) is 18.5 Å². The largest absolute Gasteiger partial charge is 0.356 e. The van der Waals surface area contributed by atoms with Crippen molar-refractivity contribution in [2.75, 3.05) is 49.1 Å². The van der Waals surface area contributed by atoms with E-state index in [1.807, 2.05) is 18.3 Å². The van der Waals surface area contributed by atoms with E-state index in [0.29, 0.717) is 0 Å². The first kappa shape index (κ1) is 18.5. The molecule has 0 radical (unpaired) electrons. The molecule has 7 heteroatoms. The van der Waals surface area contributed by atoms with Crippen molar-refractivity contribution in [2.45, 2.75) is 19.4 Å². The Morgan fingerprint density at radius 3 is 2.41 bits per heavy atom. The van der Waals surface area contributed by atoms with Gasteiger partial charge in [-0.1, -0.05) is 30.3 Å². The van der Waals surface area contributed by atoms with E-state index in [2.05, 4.69) is 49.3 Å². The van der Waals surface area contributed by atoms with Gasteiger partial charge in [0, 0.05) is 63.0 Å². The monoisotopic (exact) mass is 406 g/mol. The van der Waals surface area contributed by atoms with Crippen LogP contribution in [-0.4, -0.2) is 59.1 Å². The van der Waals surface area contributed by atoms with Crippen LogP contribution in [0.2, 0.25) is 0 Å². The van der Waals surface area contributed by atoms with Crippen molar-refractivity contribution in [3.63, 3.8) is 0 Å². The Balaban J connectivity index is 1.18. The van der Waals surface area contributed by atoms with Gasteiger partial charge in [0.25, 0.3) is 0 Å². The quantitative estimate of drug-likeness (QED) is 0.646. The second kappa shape index (κ2) is 8.47. The van der Waals surface area contributed by atoms with E-state index in [1.165, 1.54) is 18.4 Å². The first-order valence-electron chi connectivity index (χ1n) is 10.4. The van der Waals surface area contributed by atoms with Crippen molar-refractivity contribution in [2.24, 2.45) is 0 Å². The Morgan fingerprint density at radius 1 is 0.828 bits per heavy atom. The molecule has 150 valence electrons. The summed E-state index contributed by atoms with van der Waals surface area (Å²) >= 11 is 1.73. The van der Waals surface area contributed by atoms with Crippen LogP contribution in [0.3, 0.4) is 0 Å². The first-order valence-corrected chi connectivity index (χ1v) is 11.3. The molecule has 2 aromatic heterocycles. The second-order valence-electron chi connectivity index (χ2n) is 7.68. The van der Waals surface area contributed by atoms with Crippen LogP contribution in [-0.2, 0) is 6.54 Å². The van der Waals surface area contributed by atoms with E-state index < -0.39 is 0 Å². The SMILES string of the molecule is c1ccc(-c2nc(CN3CCN(c4nccc(N5CCCC5)n4)CC3)cs2)cc1. The fraction of sp³-hybridized carbons (Fsp3) is 0.409. The number of anilines is 2. The summed E-state index contributed by atoms with van der Waals surface area (Å²) in [6, 6.07) is 12.5. The molecule has 6 nitrogen and oxygen atoms in total. The smallest absolute Gasteiger partial charge is 0.227 e. The summed E-state index contributed by atoms with van der Waals surface area (Å²) in [5.41, 5.74) is 2.36. The van der Waals surface area contributed by atoms with Gasteiger partial charge in [-0.15, -0.1) is 11.3 Å². The third kappa shape index (κ3) is 4.26. The molecule has 2 aliphatic rings. The topological polar surface area (TPSA) is 48.4 Å². The zero-order valence-corrected chi connectivity index (χ0v) is 17.4. The van der Waals surface area contributed by atoms with Gasteiger partial charge in [-0.05, 0) is 18.9 Å². The van der Waals surface area contributed by atoms with Crippen molar-refractivity contribution < 1.29 is 0 Å². The molecule has 0 saturated carbocycles. The Kier molecular flexibility index (Phi) is 5.41. The highest BCUT2D eigenvalue weighted by Crippen LogP contribution is 2.24. The first-order chi connectivity index (χ1) is 14.3. The summed E-state index contributed by atoms with van der Waals surface area (Å²) < 4.78 is 0. The van der Waals surface area contributed by atoms with Crippen LogP contribution >= 0.6 is 11.3 Å². The molecule has 4 heterocycles. The molecule has 0 bridgehead atoms. The fourth-order valence-corrected chi connectivity index (χ4v) is 4.86. The van der Waals surface area contributed by atoms with Crippen LogP contribution < -0.4 is 9.80 Å². The molecule has 3 aromatic rings. The lowest BCUT2D eigenvalue weighted by Gasteiger charge is -2.34. The number of aromatic nitrogens is 3. The lowest BCUT2D eigenvalue weighted by atomic mass is 10.2. The average molecular weight is 407 g/mol. The second-order valence-corrected chi connectivity index (χ2v) is 8.54. The van der Waals surface area contributed by atoms with E-state index >= 15 is 0 Å². The lowest BCUT2D eigenvalue weighted by molar-refractivity contribution is 0.246. The van der Waals surface area contributed by atoms with Gasteiger partial charge >= 0.3 is 0 Å². The average Bonchev–Trinajstić information content (AvgIpc) is 3.48. The molecular formula is C22H26N6S. The van der Waals surface area contributed by atoms with Crippen molar-refractivity contribution >= 4 is 23.1 Å². The normalized spacial score (nSPS) is 17.8. The molecule has 0 atom stereocenters. The summed E-state index contributed by atoms with van der Waals surface area (Å²) in [4.78, 5) is 21.4. The maximum Gasteiger partial charge on any atom is 0.227 e. The molecule has 5 rings (SSSR count). The van der Waals surface area contributed by atoms with Gasteiger partial charge < -0.3 is 9.80 Å². The molecule has 29 heavy (non-hydrogen) atoms. The molecule has 0 spiro atoms. The number of piperazine rings is 1. The van der Waals surface area contributed by atoms with Crippen molar-refractivity contribution in [1.82, 2.24) is 19.9 Å². The Bertz CT molecular complexity index is 929. The Morgan fingerprint density at radius 2 is 1.62 bits per heavy atom. The molecule has 2 saturated heterocycles. The number of hydrogen-bond acceptors (Lipinski definition) is 7. The zero-order valence-electron chi connectivity index (χ0n) is 16.6. The van der Waals surface area contributed by atoms with Gasteiger partial charge in [0.1, 0.15) is 10.8 Å². The number of benzene rings is 1. The number of hydrogen-bond donors (Lipinski definition) is 0. The highest BCUT2D eigenvalue weighted by molar-refractivity contribution is 7.13. The fourth-order valence-electron chi connectivity index (χ4n) is 4.04. The van der Waals surface area contributed by atoms with Crippen molar-refractivity contribution in [3.05, 3.63) is 53.7 Å². The number of nitrogens with zero attached hydrogens (tertiary/aromatic N) is 6. The molecule has 0 amide bonds. The third-order valence-corrected chi connectivity index (χ3v) is 6.61. The van der Waals surface area contributed by atoms with Crippen LogP contribution in [0, 0.1) is 0 Å². The molecule has 0 unspecified atom stereocenters. The van der Waals surface area contributed by atoms with E-state index in [-0.39, 0.29) is 0 Å². The summed E-state index contributed by atoms with van der Waals surface area (Å²) in [5.74, 6) is 1.94. The Labute approximate surface area is 175 Å². The lowest BCUT2D eigenvalue weighted by Crippen LogP contribution is -2.46. The highest BCUT2D eigenvalue weighted by atomic mass is 32.1. The minimum Gasteiger partial charge on any atom is -0.356 e. The minimum atomic E-state index is 0.870. The molecule has 1 aromatic carbocycles. The van der Waals surface area contributed by atoms with Crippen LogP contribution in [0.25, 0.3) is 10.6 Å². The van der Waals surface area contributed by atoms with E-state index in [0.717, 1.165) is 68.3 Å². The van der Waals surface area contributed by atoms with Gasteiger partial charge in [0.15, 0.2) is 0 Å². The van der Waals surface area contributed by atoms with Crippen molar-refractivity contribution in [1.29, 1.82) is 0 Å². The molecule has 2 fully saturated rings. The van der Waals surface area contributed by atoms with E-state index in [1.54, 1.807) is 11.3 Å². The van der Waals surface area contributed by atoms with Gasteiger partial charge in [0.2, 0.25) is 5.95 Å². The third-order valence-electron chi connectivity index (χ3n) is 5.67. The van der Waals surface area contributed by atoms with Crippen LogP contribution in [0.4, 0.5) is 11.8 Å². The maximum absolute atomic E-state index is 4.84. The zero-order chi connectivity index (χ0) is 19.5. The standard InChI is InChI=1S/C22H26N6S/c1-2-6-18(7-3-1)21-24-19(17-29-21)16-26-12-14-28(15-13-26)22-23-9-8-20(25-22)27-10-4-5-11-27/h1-3,6-9,17H,4-5,10-16H2.